The average molecular weight is 235 g/mol. The van der Waals surface area contributed by atoms with Crippen LogP contribution in [0.25, 0.3) is 0 Å². The zero-order valence-electron chi connectivity index (χ0n) is 10.8. The number of hydrogen-bond donors (Lipinski definition) is 2. The van der Waals surface area contributed by atoms with E-state index in [9.17, 15) is 0 Å². The summed E-state index contributed by atoms with van der Waals surface area (Å²) in [6, 6.07) is 1.91. The Morgan fingerprint density at radius 1 is 1.29 bits per heavy atom. The van der Waals surface area contributed by atoms with Crippen LogP contribution in [0.2, 0.25) is 0 Å². The fraction of sp³-hybridized carbons (Fsp3) is 0.667. The van der Waals surface area contributed by atoms with E-state index in [1.807, 2.05) is 13.0 Å². The van der Waals surface area contributed by atoms with Crippen LogP contribution in [0.5, 0.6) is 0 Å². The molecule has 94 valence electrons. The molecular formula is C12H21N5. The maximum Gasteiger partial charge on any atom is 0.145 e. The number of hydrogen-bond acceptors (Lipinski definition) is 5. The fourth-order valence-corrected chi connectivity index (χ4v) is 2.13. The van der Waals surface area contributed by atoms with Crippen LogP contribution in [-0.2, 0) is 0 Å². The molecule has 0 bridgehead atoms. The van der Waals surface area contributed by atoms with Crippen molar-refractivity contribution in [3.63, 3.8) is 0 Å². The van der Waals surface area contributed by atoms with Gasteiger partial charge in [-0.05, 0) is 25.2 Å². The van der Waals surface area contributed by atoms with E-state index in [2.05, 4.69) is 34.1 Å². The molecule has 0 radical (unpaired) electrons. The first-order valence-electron chi connectivity index (χ1n) is 6.07. The minimum absolute atomic E-state index is 0.452. The number of nitrogens with zero attached hydrogens (tertiary/aromatic N) is 3. The number of nitrogen functional groups attached to an aromatic ring is 1. The Balaban J connectivity index is 2.15. The van der Waals surface area contributed by atoms with Crippen LogP contribution in [0.3, 0.4) is 0 Å². The second kappa shape index (κ2) is 4.49. The molecule has 0 aliphatic carbocycles. The number of hydrazine groups is 1. The summed E-state index contributed by atoms with van der Waals surface area (Å²) >= 11 is 0. The fourth-order valence-electron chi connectivity index (χ4n) is 2.13. The Labute approximate surface area is 102 Å². The van der Waals surface area contributed by atoms with Gasteiger partial charge < -0.3 is 10.3 Å². The Hall–Kier alpha value is -1.36. The van der Waals surface area contributed by atoms with Crippen LogP contribution in [0.1, 0.15) is 32.5 Å². The monoisotopic (exact) mass is 235 g/mol. The highest BCUT2D eigenvalue weighted by Gasteiger charge is 2.26. The highest BCUT2D eigenvalue weighted by molar-refractivity contribution is 5.49. The zero-order chi connectivity index (χ0) is 12.5. The van der Waals surface area contributed by atoms with Crippen molar-refractivity contribution in [3.8, 4) is 0 Å². The van der Waals surface area contributed by atoms with E-state index in [-0.39, 0.29) is 0 Å². The van der Waals surface area contributed by atoms with Crippen molar-refractivity contribution in [1.29, 1.82) is 0 Å². The topological polar surface area (TPSA) is 67.1 Å². The molecule has 3 N–H and O–H groups in total. The van der Waals surface area contributed by atoms with Crippen molar-refractivity contribution in [2.24, 2.45) is 11.3 Å². The summed E-state index contributed by atoms with van der Waals surface area (Å²) < 4.78 is 0. The van der Waals surface area contributed by atoms with E-state index in [0.29, 0.717) is 11.2 Å². The Morgan fingerprint density at radius 2 is 1.94 bits per heavy atom. The predicted molar refractivity (Wildman–Crippen MR) is 69.8 cm³/mol. The molecule has 1 aromatic rings. The van der Waals surface area contributed by atoms with Crippen molar-refractivity contribution in [2.45, 2.75) is 33.6 Å². The normalized spacial score (nSPS) is 19.2. The van der Waals surface area contributed by atoms with E-state index in [0.717, 1.165) is 24.7 Å². The second-order valence-electron chi connectivity index (χ2n) is 5.45. The van der Waals surface area contributed by atoms with Gasteiger partial charge in [0.2, 0.25) is 0 Å². The lowest BCUT2D eigenvalue weighted by Crippen LogP contribution is -2.38. The Morgan fingerprint density at radius 3 is 2.53 bits per heavy atom. The zero-order valence-corrected chi connectivity index (χ0v) is 10.8. The first-order chi connectivity index (χ1) is 8.00. The molecule has 1 saturated heterocycles. The highest BCUT2D eigenvalue weighted by atomic mass is 15.3. The van der Waals surface area contributed by atoms with Gasteiger partial charge in [-0.25, -0.2) is 15.8 Å². The van der Waals surface area contributed by atoms with Gasteiger partial charge >= 0.3 is 0 Å². The summed E-state index contributed by atoms with van der Waals surface area (Å²) in [5.41, 5.74) is 3.04. The molecule has 5 heteroatoms. The van der Waals surface area contributed by atoms with Crippen molar-refractivity contribution in [1.82, 2.24) is 9.97 Å². The minimum Gasteiger partial charge on any atom is -0.356 e. The quantitative estimate of drug-likeness (QED) is 0.603. The number of piperidine rings is 1. The lowest BCUT2D eigenvalue weighted by Gasteiger charge is -2.37. The number of nitrogens with one attached hydrogen (secondary N) is 1. The van der Waals surface area contributed by atoms with Gasteiger partial charge in [0.15, 0.2) is 0 Å². The number of anilines is 2. The van der Waals surface area contributed by atoms with Crippen LogP contribution < -0.4 is 16.2 Å². The van der Waals surface area contributed by atoms with Gasteiger partial charge in [0.25, 0.3) is 0 Å². The molecule has 0 amide bonds. The third-order valence-electron chi connectivity index (χ3n) is 3.41. The molecule has 1 fully saturated rings. The predicted octanol–water partition coefficient (Wildman–Crippen LogP) is 1.70. The average Bonchev–Trinajstić information content (AvgIpc) is 2.28. The minimum atomic E-state index is 0.452. The van der Waals surface area contributed by atoms with Gasteiger partial charge in [0, 0.05) is 19.2 Å². The molecule has 0 aromatic carbocycles. The molecule has 2 rings (SSSR count). The lowest BCUT2D eigenvalue weighted by molar-refractivity contribution is 0.279. The largest absolute Gasteiger partial charge is 0.356 e. The van der Waals surface area contributed by atoms with Gasteiger partial charge in [-0.3, -0.25) is 0 Å². The summed E-state index contributed by atoms with van der Waals surface area (Å²) in [7, 11) is 0. The molecule has 0 unspecified atom stereocenters. The second-order valence-corrected chi connectivity index (χ2v) is 5.45. The van der Waals surface area contributed by atoms with Crippen molar-refractivity contribution < 1.29 is 0 Å². The maximum atomic E-state index is 5.40. The van der Waals surface area contributed by atoms with Gasteiger partial charge in [0.05, 0.1) is 0 Å². The van der Waals surface area contributed by atoms with Crippen molar-refractivity contribution in [3.05, 3.63) is 11.9 Å². The van der Waals surface area contributed by atoms with Crippen molar-refractivity contribution >= 4 is 11.6 Å². The van der Waals surface area contributed by atoms with Crippen LogP contribution in [0.4, 0.5) is 11.6 Å². The SMILES string of the molecule is Cc1nc(NN)cc(N2CCC(C)(C)CC2)n1. The summed E-state index contributed by atoms with van der Waals surface area (Å²) in [5.74, 6) is 7.80. The van der Waals surface area contributed by atoms with Crippen LogP contribution >= 0.6 is 0 Å². The van der Waals surface area contributed by atoms with E-state index < -0.39 is 0 Å². The lowest BCUT2D eigenvalue weighted by atomic mass is 9.83. The number of rotatable bonds is 2. The van der Waals surface area contributed by atoms with E-state index >= 15 is 0 Å². The standard InChI is InChI=1S/C12H21N5/c1-9-14-10(16-13)8-11(15-9)17-6-4-12(2,3)5-7-17/h8H,4-7,13H2,1-3H3,(H,14,15,16). The summed E-state index contributed by atoms with van der Waals surface area (Å²) in [4.78, 5) is 11.0. The summed E-state index contributed by atoms with van der Waals surface area (Å²) in [6.07, 6.45) is 2.39. The van der Waals surface area contributed by atoms with Gasteiger partial charge in [-0.15, -0.1) is 0 Å². The molecular weight excluding hydrogens is 214 g/mol. The maximum absolute atomic E-state index is 5.40. The summed E-state index contributed by atoms with van der Waals surface area (Å²) in [6.45, 7) is 8.63. The first kappa shape index (κ1) is 12.1. The number of aryl methyl sites for hydroxylation is 1. The van der Waals surface area contributed by atoms with Crippen LogP contribution in [-0.4, -0.2) is 23.1 Å². The Kier molecular flexibility index (Phi) is 3.19. The highest BCUT2D eigenvalue weighted by Crippen LogP contribution is 2.31. The molecule has 0 spiro atoms. The van der Waals surface area contributed by atoms with Gasteiger partial charge in [0.1, 0.15) is 17.5 Å². The van der Waals surface area contributed by atoms with E-state index in [1.54, 1.807) is 0 Å². The molecule has 0 atom stereocenters. The third-order valence-corrected chi connectivity index (χ3v) is 3.41. The van der Waals surface area contributed by atoms with Crippen molar-refractivity contribution in [2.75, 3.05) is 23.4 Å². The number of aromatic nitrogens is 2. The molecule has 1 aromatic heterocycles. The smallest absolute Gasteiger partial charge is 0.145 e. The summed E-state index contributed by atoms with van der Waals surface area (Å²) in [5, 5.41) is 0. The Bertz CT molecular complexity index is 392. The molecule has 2 heterocycles. The van der Waals surface area contributed by atoms with E-state index in [4.69, 9.17) is 5.84 Å². The first-order valence-corrected chi connectivity index (χ1v) is 6.07. The molecule has 0 saturated carbocycles. The van der Waals surface area contributed by atoms with Crippen LogP contribution in [0, 0.1) is 12.3 Å². The van der Waals surface area contributed by atoms with E-state index in [1.165, 1.54) is 12.8 Å². The molecule has 17 heavy (non-hydrogen) atoms. The molecule has 5 nitrogen and oxygen atoms in total. The van der Waals surface area contributed by atoms with Gasteiger partial charge in [-0.2, -0.15) is 0 Å². The molecule has 1 aliphatic rings. The molecule has 1 aliphatic heterocycles. The number of nitrogens with two attached hydrogens (primary N) is 1. The van der Waals surface area contributed by atoms with Gasteiger partial charge in [-0.1, -0.05) is 13.8 Å². The van der Waals surface area contributed by atoms with Crippen LogP contribution in [0.15, 0.2) is 6.07 Å². The third kappa shape index (κ3) is 2.85.